The van der Waals surface area contributed by atoms with Crippen LogP contribution in [0.1, 0.15) is 68.1 Å². The van der Waals surface area contributed by atoms with Crippen molar-refractivity contribution in [3.05, 3.63) is 0 Å². The van der Waals surface area contributed by atoms with Crippen molar-refractivity contribution in [3.8, 4) is 6.07 Å². The number of nitriles is 1. The maximum absolute atomic E-state index is 13.2. The summed E-state index contributed by atoms with van der Waals surface area (Å²) in [6, 6.07) is 2.85. The summed E-state index contributed by atoms with van der Waals surface area (Å²) in [6.07, 6.45) is 2.14. The second-order valence-corrected chi connectivity index (χ2v) is 16.7. The van der Waals surface area contributed by atoms with E-state index in [1.807, 2.05) is 23.3 Å². The predicted molar refractivity (Wildman–Crippen MR) is 139 cm³/mol. The third-order valence-corrected chi connectivity index (χ3v) is 11.4. The molecule has 0 spiro atoms. The number of hydrogen-bond acceptors (Lipinski definition) is 9. The van der Waals surface area contributed by atoms with Gasteiger partial charge in [-0.3, -0.25) is 0 Å². The molecule has 0 aromatic heterocycles. The molecule has 0 aromatic carbocycles. The second kappa shape index (κ2) is 16.9. The first-order valence-corrected chi connectivity index (χ1v) is 18.3. The van der Waals surface area contributed by atoms with E-state index in [4.69, 9.17) is 29.5 Å². The normalized spacial score (nSPS) is 25.1. The van der Waals surface area contributed by atoms with Gasteiger partial charge >= 0.3 is 134 Å². The SMILES string of the molecule is [3H]C1CC(CO[N]=[V])C(OP(=O)(OCC#N)OCCNCCC[Si](C)(C)OC(C)(C(C)C)C(C)CC)C1. The quantitative estimate of drug-likeness (QED) is 0.0782. The number of nitrogens with one attached hydrogen (secondary N) is 1. The summed E-state index contributed by atoms with van der Waals surface area (Å²) in [5.74, 6) is 0.796. The summed E-state index contributed by atoms with van der Waals surface area (Å²) in [5.41, 5.74) is -0.120. The van der Waals surface area contributed by atoms with Gasteiger partial charge in [0.05, 0.1) is 5.60 Å². The van der Waals surface area contributed by atoms with Gasteiger partial charge in [-0.1, -0.05) is 34.1 Å². The Hall–Kier alpha value is 0.0813. The minimum absolute atomic E-state index is 0.111. The fourth-order valence-electron chi connectivity index (χ4n) is 4.46. The van der Waals surface area contributed by atoms with Crippen molar-refractivity contribution in [2.45, 2.75) is 97.5 Å². The van der Waals surface area contributed by atoms with E-state index in [2.05, 4.69) is 57.0 Å². The van der Waals surface area contributed by atoms with Gasteiger partial charge in [0.25, 0.3) is 0 Å². The van der Waals surface area contributed by atoms with Crippen LogP contribution in [0.5, 0.6) is 0 Å². The summed E-state index contributed by atoms with van der Waals surface area (Å²) >= 11 is 1.97. The molecule has 1 rings (SSSR count). The van der Waals surface area contributed by atoms with Crippen molar-refractivity contribution in [3.63, 3.8) is 0 Å². The summed E-state index contributed by atoms with van der Waals surface area (Å²) in [5, 5.41) is 12.2. The molecule has 1 N–H and O–H groups in total. The van der Waals surface area contributed by atoms with Crippen molar-refractivity contribution >= 4 is 16.1 Å². The summed E-state index contributed by atoms with van der Waals surface area (Å²) in [4.78, 5) is 5.10. The molecule has 36 heavy (non-hydrogen) atoms. The Balaban J connectivity index is 2.50. The van der Waals surface area contributed by atoms with E-state index < -0.39 is 28.9 Å². The zero-order valence-electron chi connectivity index (χ0n) is 24.2. The van der Waals surface area contributed by atoms with Gasteiger partial charge in [0, 0.05) is 0 Å². The number of hydrogen-bond donors (Lipinski definition) is 1. The van der Waals surface area contributed by atoms with E-state index in [1.165, 1.54) is 0 Å². The summed E-state index contributed by atoms with van der Waals surface area (Å²) < 4.78 is 48.0. The van der Waals surface area contributed by atoms with Crippen molar-refractivity contribution in [2.24, 2.45) is 21.7 Å². The van der Waals surface area contributed by atoms with Gasteiger partial charge in [-0.15, -0.1) is 0 Å². The molecule has 1 aliphatic rings. The van der Waals surface area contributed by atoms with E-state index in [9.17, 15) is 4.57 Å². The Morgan fingerprint density at radius 2 is 2.03 bits per heavy atom. The topological polar surface area (TPSA) is 111 Å². The third kappa shape index (κ3) is 11.9. The molecule has 0 aliphatic heterocycles. The maximum atomic E-state index is 13.2. The molecule has 209 valence electrons. The van der Waals surface area contributed by atoms with E-state index in [0.29, 0.717) is 31.2 Å². The van der Waals surface area contributed by atoms with Crippen LogP contribution in [-0.2, 0) is 44.6 Å². The molecule has 1 saturated carbocycles. The van der Waals surface area contributed by atoms with Crippen LogP contribution in [0.25, 0.3) is 0 Å². The van der Waals surface area contributed by atoms with Gasteiger partial charge in [0.15, 0.2) is 8.32 Å². The average Bonchev–Trinajstić information content (AvgIpc) is 3.17. The van der Waals surface area contributed by atoms with Crippen molar-refractivity contribution in [1.29, 1.82) is 5.26 Å². The van der Waals surface area contributed by atoms with Crippen LogP contribution in [0.3, 0.4) is 0 Å². The Morgan fingerprint density at radius 3 is 2.64 bits per heavy atom. The molecule has 0 heterocycles. The second-order valence-electron chi connectivity index (χ2n) is 10.6. The standard InChI is InChI=1S/C24H48N3O6PSi.V/c1-8-21(4)24(5,20(2)3)33-35(6,7)18-10-14-27-15-17-31-34(28,30-16-13-25)32-23-12-9-11-22(23)19-29-26;/h20-23,27H,8-12,14-19H2,1-7H3;/i9T;. The monoisotopic (exact) mass is 586 g/mol. The molecule has 0 radical (unpaired) electrons. The third-order valence-electron chi connectivity index (χ3n) is 7.19. The molecule has 1 fully saturated rings. The molecule has 0 aromatic rings. The molecule has 12 heteroatoms. The fourth-order valence-corrected chi connectivity index (χ4v) is 8.64. The molecule has 6 unspecified atom stereocenters. The van der Waals surface area contributed by atoms with Crippen LogP contribution in [0, 0.1) is 29.1 Å². The fraction of sp³-hybridized carbons (Fsp3) is 0.958. The van der Waals surface area contributed by atoms with Crippen LogP contribution < -0.4 is 5.32 Å². The van der Waals surface area contributed by atoms with Crippen LogP contribution in [0.2, 0.25) is 19.1 Å². The van der Waals surface area contributed by atoms with Crippen LogP contribution in [0.15, 0.2) is 3.95 Å². The van der Waals surface area contributed by atoms with Gasteiger partial charge in [-0.05, 0) is 44.3 Å². The van der Waals surface area contributed by atoms with E-state index in [0.717, 1.165) is 25.4 Å². The minimum atomic E-state index is -3.96. The molecule has 9 nitrogen and oxygen atoms in total. The Kier molecular flexibility index (Phi) is 15.2. The van der Waals surface area contributed by atoms with E-state index in [1.54, 1.807) is 0 Å². The van der Waals surface area contributed by atoms with E-state index >= 15 is 0 Å². The first-order valence-electron chi connectivity index (χ1n) is 13.6. The first-order chi connectivity index (χ1) is 17.3. The predicted octanol–water partition coefficient (Wildman–Crippen LogP) is 6.16. The molecule has 0 saturated heterocycles. The Labute approximate surface area is 230 Å². The number of phosphoric ester groups is 1. The first kappa shape index (κ1) is 32.3. The number of phosphoric acid groups is 1. The van der Waals surface area contributed by atoms with Gasteiger partial charge in [-0.25, -0.2) is 0 Å². The molecular weight excluding hydrogens is 536 g/mol. The van der Waals surface area contributed by atoms with E-state index in [-0.39, 0.29) is 31.1 Å². The molecule has 0 bridgehead atoms. The molecule has 0 amide bonds. The van der Waals surface area contributed by atoms with Crippen molar-refractivity contribution in [2.75, 3.05) is 32.9 Å². The summed E-state index contributed by atoms with van der Waals surface area (Å²) in [6.45, 7) is 17.0. The van der Waals surface area contributed by atoms with Gasteiger partial charge in [0.2, 0.25) is 0 Å². The number of rotatable bonds is 20. The van der Waals surface area contributed by atoms with Crippen molar-refractivity contribution in [1.82, 2.24) is 5.32 Å². The number of nitrogens with zero attached hydrogens (tertiary/aromatic N) is 2. The zero-order chi connectivity index (χ0) is 28.1. The molecular formula is C24H48N3O6PSiV. The zero-order valence-corrected chi connectivity index (χ0v) is 26.5. The Morgan fingerprint density at radius 1 is 1.31 bits per heavy atom. The van der Waals surface area contributed by atoms with Gasteiger partial charge < -0.3 is 4.43 Å². The summed E-state index contributed by atoms with van der Waals surface area (Å²) in [7, 11) is -5.81. The van der Waals surface area contributed by atoms with Crippen LogP contribution in [-0.4, -0.2) is 52.9 Å². The Bertz CT molecular complexity index is 777. The molecule has 6 atom stereocenters. The molecule has 1 aliphatic carbocycles. The average molecular weight is 587 g/mol. The van der Waals surface area contributed by atoms with Crippen LogP contribution >= 0.6 is 7.82 Å². The van der Waals surface area contributed by atoms with Gasteiger partial charge in [-0.2, -0.15) is 0 Å². The van der Waals surface area contributed by atoms with Crippen LogP contribution in [0.4, 0.5) is 0 Å². The van der Waals surface area contributed by atoms with Crippen molar-refractivity contribution < 1.29 is 46.0 Å². The van der Waals surface area contributed by atoms with Gasteiger partial charge in [0.1, 0.15) is 0 Å².